The van der Waals surface area contributed by atoms with Crippen LogP contribution in [-0.2, 0) is 21.7 Å². The molecule has 2 aliphatic carbocycles. The molecule has 0 N–H and O–H groups in total. The molecule has 10 radical (unpaired) electrons. The number of carbonyl (C=O) groups excluding carboxylic acids is 2. The predicted molar refractivity (Wildman–Crippen MR) is 149 cm³/mol. The van der Waals surface area contributed by atoms with Gasteiger partial charge in [-0.05, 0) is 75.5 Å². The summed E-state index contributed by atoms with van der Waals surface area (Å²) in [6.45, 7) is 7.09. The molecule has 2 heterocycles. The zero-order valence-corrected chi connectivity index (χ0v) is 26.7. The molecule has 0 aromatic carbocycles. The Bertz CT molecular complexity index is 982. The Kier molecular flexibility index (Phi) is 19.0. The number of carboxylic acid groups (broad SMARTS) is 2. The smallest absolute Gasteiger partial charge is 0.545 e. The van der Waals surface area contributed by atoms with Crippen molar-refractivity contribution in [2.45, 2.75) is 19.6 Å². The molecule has 4 rings (SSSR count). The number of hydrogen-bond acceptors (Lipinski definition) is 10. The van der Waals surface area contributed by atoms with Crippen LogP contribution >= 0.6 is 0 Å². The van der Waals surface area contributed by atoms with Crippen molar-refractivity contribution in [1.82, 2.24) is 9.97 Å². The molecule has 0 unspecified atom stereocenters. The summed E-state index contributed by atoms with van der Waals surface area (Å²) >= 11 is 0. The van der Waals surface area contributed by atoms with Crippen LogP contribution in [0.3, 0.4) is 0 Å². The number of pyridine rings is 2. The minimum absolute atomic E-state index is 0. The number of hydrogen-bond donors (Lipinski definition) is 0. The maximum atomic E-state index is 10.5. The summed E-state index contributed by atoms with van der Waals surface area (Å²) in [5.41, 5.74) is 1.37. The molecule has 0 aliphatic heterocycles. The Morgan fingerprint density at radius 3 is 1.17 bits per heavy atom. The molecular weight excluding hydrogens is 580 g/mol. The van der Waals surface area contributed by atoms with Gasteiger partial charge in [-0.2, -0.15) is 9.97 Å². The normalized spacial score (nSPS) is 13.9. The molecule has 0 bridgehead atoms. The summed E-state index contributed by atoms with van der Waals surface area (Å²) in [5.74, 6) is -2.10. The average Bonchev–Trinajstić information content (AvgIpc) is 3.70. The number of aromatic carboxylic acids is 2. The quantitative estimate of drug-likeness (QED) is 0.426. The molecule has 12 heteroatoms. The third-order valence-corrected chi connectivity index (χ3v) is 7.06. The molecule has 2 saturated carbocycles. The third kappa shape index (κ3) is 14.2. The van der Waals surface area contributed by atoms with Crippen molar-refractivity contribution in [2.75, 3.05) is 28.4 Å². The molecule has 2 fully saturated rings. The Hall–Kier alpha value is -2.63. The fourth-order valence-corrected chi connectivity index (χ4v) is 4.08. The van der Waals surface area contributed by atoms with E-state index in [1.165, 1.54) is 52.7 Å². The maximum absolute atomic E-state index is 10.5. The Labute approximate surface area is 260 Å². The number of ether oxygens (including phenoxy) is 4. The second-order valence-corrected chi connectivity index (χ2v) is 13.9. The molecular formula is C29H34N2O8SiTi+2. The van der Waals surface area contributed by atoms with Crippen LogP contribution in [0.25, 0.3) is 0 Å². The van der Waals surface area contributed by atoms with Crippen molar-refractivity contribution < 1.29 is 60.5 Å². The molecule has 0 saturated heterocycles. The summed E-state index contributed by atoms with van der Waals surface area (Å²) in [6.07, 6.45) is 18.7. The number of methoxy groups -OCH3 is 4. The van der Waals surface area contributed by atoms with Crippen LogP contribution in [0.5, 0.6) is 23.5 Å². The fourth-order valence-electron chi connectivity index (χ4n) is 2.89. The number of nitrogens with zero attached hydrogens (tertiary/aromatic N) is 2. The first-order valence-corrected chi connectivity index (χ1v) is 15.5. The standard InChI is InChI=1S/2C8H9NO4.C8H13Si.C5H5.Ti/c2*1-12-6-4-3-5(8(10)11)7(9-6)13-2;1-9(2,3)8-6-4-5-7-8;1-2-4-5-3-1;/h2*3-4H,1-2H3,(H,10,11);4-7H,1-3H3;1-5H;/q;;;;+4/p-2. The zero-order valence-electron chi connectivity index (χ0n) is 24.2. The van der Waals surface area contributed by atoms with Crippen LogP contribution in [0.1, 0.15) is 20.7 Å². The first-order valence-electron chi connectivity index (χ1n) is 12.0. The van der Waals surface area contributed by atoms with Gasteiger partial charge < -0.3 is 38.7 Å². The van der Waals surface area contributed by atoms with Gasteiger partial charge in [-0.25, -0.2) is 0 Å². The second kappa shape index (κ2) is 20.3. The van der Waals surface area contributed by atoms with E-state index in [-0.39, 0.29) is 44.6 Å². The number of carboxylic acids is 2. The van der Waals surface area contributed by atoms with E-state index in [2.05, 4.69) is 55.3 Å². The Balaban J connectivity index is 0.000000539. The van der Waals surface area contributed by atoms with Crippen molar-refractivity contribution in [2.24, 2.45) is 0 Å². The molecule has 2 aromatic heterocycles. The zero-order chi connectivity index (χ0) is 30.1. The van der Waals surface area contributed by atoms with Gasteiger partial charge in [0, 0.05) is 12.1 Å². The average molecular weight is 615 g/mol. The molecule has 214 valence electrons. The van der Waals surface area contributed by atoms with E-state index >= 15 is 0 Å². The minimum atomic E-state index is -1.33. The van der Waals surface area contributed by atoms with Gasteiger partial charge in [-0.15, -0.1) is 0 Å². The van der Waals surface area contributed by atoms with Gasteiger partial charge in [0.25, 0.3) is 0 Å². The maximum Gasteiger partial charge on any atom is 4.00 e. The van der Waals surface area contributed by atoms with Crippen molar-refractivity contribution in [3.63, 3.8) is 0 Å². The molecule has 41 heavy (non-hydrogen) atoms. The van der Waals surface area contributed by atoms with Gasteiger partial charge in [0.15, 0.2) is 0 Å². The number of carbonyl (C=O) groups is 2. The second-order valence-electron chi connectivity index (χ2n) is 8.78. The van der Waals surface area contributed by atoms with Crippen LogP contribution in [0.4, 0.5) is 0 Å². The van der Waals surface area contributed by atoms with E-state index in [1.807, 2.05) is 32.1 Å². The summed E-state index contributed by atoms with van der Waals surface area (Å²) in [4.78, 5) is 28.5. The number of rotatable bonds is 7. The molecule has 10 nitrogen and oxygen atoms in total. The summed E-state index contributed by atoms with van der Waals surface area (Å²) in [7, 11) is 4.54. The van der Waals surface area contributed by atoms with E-state index < -0.39 is 20.0 Å². The van der Waals surface area contributed by atoms with Crippen LogP contribution in [0, 0.1) is 63.3 Å². The minimum Gasteiger partial charge on any atom is -0.545 e. The molecule has 2 aromatic rings. The van der Waals surface area contributed by atoms with Gasteiger partial charge in [0.2, 0.25) is 23.5 Å². The largest absolute Gasteiger partial charge is 4.00 e. The number of aromatic nitrogens is 2. The predicted octanol–water partition coefficient (Wildman–Crippen LogP) is 2.21. The van der Waals surface area contributed by atoms with E-state index in [4.69, 9.17) is 18.9 Å². The van der Waals surface area contributed by atoms with Crippen molar-refractivity contribution in [3.8, 4) is 23.5 Å². The van der Waals surface area contributed by atoms with E-state index in [1.54, 1.807) is 5.54 Å². The van der Waals surface area contributed by atoms with Crippen molar-refractivity contribution >= 4 is 20.0 Å². The van der Waals surface area contributed by atoms with Crippen LogP contribution in [0.2, 0.25) is 19.6 Å². The Morgan fingerprint density at radius 1 is 0.610 bits per heavy atom. The Morgan fingerprint density at radius 2 is 0.951 bits per heavy atom. The fraction of sp³-hybridized carbons (Fsp3) is 0.241. The monoisotopic (exact) mass is 614 g/mol. The van der Waals surface area contributed by atoms with Crippen LogP contribution in [0.15, 0.2) is 24.3 Å². The molecule has 2 aliphatic rings. The molecule has 0 spiro atoms. The van der Waals surface area contributed by atoms with E-state index in [0.717, 1.165) is 0 Å². The van der Waals surface area contributed by atoms with Crippen LogP contribution < -0.4 is 29.2 Å². The summed E-state index contributed by atoms with van der Waals surface area (Å²) in [6, 6.07) is 5.49. The first kappa shape index (κ1) is 38.4. The summed E-state index contributed by atoms with van der Waals surface area (Å²) < 4.78 is 19.0. The van der Waals surface area contributed by atoms with Gasteiger partial charge in [-0.3, -0.25) is 0 Å². The van der Waals surface area contributed by atoms with Gasteiger partial charge in [0.05, 0.1) is 59.6 Å². The van der Waals surface area contributed by atoms with Crippen molar-refractivity contribution in [1.29, 1.82) is 0 Å². The van der Waals surface area contributed by atoms with E-state index in [9.17, 15) is 19.8 Å². The SMILES string of the molecule is COc1ccc(C(=O)[O-])c(OC)n1.COc1ccc(C(=O)[O-])c(OC)n1.C[Si](C)(C)[C]1[CH][CH][CH][CH]1.[CH]1[CH][CH][CH][CH]1.[Ti+4]. The molecule has 0 amide bonds. The third-order valence-electron chi connectivity index (χ3n) is 5.00. The van der Waals surface area contributed by atoms with Crippen molar-refractivity contribution in [3.05, 3.63) is 98.7 Å². The van der Waals surface area contributed by atoms with Crippen LogP contribution in [-0.4, -0.2) is 58.4 Å². The van der Waals surface area contributed by atoms with Gasteiger partial charge in [0.1, 0.15) is 0 Å². The first-order chi connectivity index (χ1) is 19.0. The van der Waals surface area contributed by atoms with Gasteiger partial charge >= 0.3 is 21.7 Å². The van der Waals surface area contributed by atoms with Gasteiger partial charge in [-0.1, -0.05) is 19.6 Å². The van der Waals surface area contributed by atoms with E-state index in [0.29, 0.717) is 11.8 Å². The molecule has 0 atom stereocenters. The summed E-state index contributed by atoms with van der Waals surface area (Å²) in [5, 5.41) is 21.0. The topological polar surface area (TPSA) is 143 Å².